The summed E-state index contributed by atoms with van der Waals surface area (Å²) in [5.74, 6) is 0.176. The fraction of sp³-hybridized carbons (Fsp3) is 0.500. The van der Waals surface area contributed by atoms with Crippen molar-refractivity contribution in [3.05, 3.63) is 35.4 Å². The van der Waals surface area contributed by atoms with Crippen molar-refractivity contribution < 1.29 is 4.79 Å². The maximum atomic E-state index is 11.6. The average Bonchev–Trinajstić information content (AvgIpc) is 2.55. The summed E-state index contributed by atoms with van der Waals surface area (Å²) >= 11 is 0. The van der Waals surface area contributed by atoms with E-state index in [0.717, 1.165) is 6.42 Å². The maximum absolute atomic E-state index is 11.6. The molecule has 1 amide bonds. The molecule has 0 spiro atoms. The molecule has 0 radical (unpaired) electrons. The number of carbonyl (C=O) groups excluding carboxylic acids is 1. The molecular formula is C14H19NO. The van der Waals surface area contributed by atoms with Gasteiger partial charge >= 0.3 is 0 Å². The van der Waals surface area contributed by atoms with Crippen LogP contribution in [0.25, 0.3) is 0 Å². The predicted molar refractivity (Wildman–Crippen MR) is 65.4 cm³/mol. The summed E-state index contributed by atoms with van der Waals surface area (Å²) in [5, 5.41) is 3.07. The lowest BCUT2D eigenvalue weighted by atomic mass is 9.75. The number of benzene rings is 1. The van der Waals surface area contributed by atoms with Crippen molar-refractivity contribution in [1.29, 1.82) is 0 Å². The Morgan fingerprint density at radius 3 is 2.56 bits per heavy atom. The molecule has 16 heavy (non-hydrogen) atoms. The minimum Gasteiger partial charge on any atom is -0.352 e. The van der Waals surface area contributed by atoms with Crippen molar-refractivity contribution in [2.45, 2.75) is 45.1 Å². The molecule has 1 fully saturated rings. The molecule has 2 unspecified atom stereocenters. The van der Waals surface area contributed by atoms with Gasteiger partial charge in [-0.2, -0.15) is 0 Å². The van der Waals surface area contributed by atoms with Crippen molar-refractivity contribution in [3.63, 3.8) is 0 Å². The monoisotopic (exact) mass is 217 g/mol. The molecule has 2 rings (SSSR count). The third-order valence-electron chi connectivity index (χ3n) is 3.75. The quantitative estimate of drug-likeness (QED) is 0.810. The third kappa shape index (κ3) is 1.73. The first-order chi connectivity index (χ1) is 7.56. The van der Waals surface area contributed by atoms with E-state index in [2.05, 4.69) is 50.4 Å². The van der Waals surface area contributed by atoms with Crippen molar-refractivity contribution in [3.8, 4) is 0 Å². The Hall–Kier alpha value is -1.31. The molecule has 1 N–H and O–H groups in total. The standard InChI is InChI=1S/C14H19NO/c1-4-12-14(3,9-13(16)15-12)11-7-5-10(2)6-8-11/h5-8,12H,4,9H2,1-3H3,(H,15,16). The highest BCUT2D eigenvalue weighted by Crippen LogP contribution is 2.36. The highest BCUT2D eigenvalue weighted by atomic mass is 16.2. The van der Waals surface area contributed by atoms with E-state index in [-0.39, 0.29) is 17.4 Å². The molecule has 2 atom stereocenters. The van der Waals surface area contributed by atoms with Gasteiger partial charge in [-0.25, -0.2) is 0 Å². The maximum Gasteiger partial charge on any atom is 0.221 e. The van der Waals surface area contributed by atoms with Crippen molar-refractivity contribution in [2.75, 3.05) is 0 Å². The van der Waals surface area contributed by atoms with E-state index in [1.165, 1.54) is 11.1 Å². The van der Waals surface area contributed by atoms with Crippen LogP contribution in [-0.2, 0) is 10.2 Å². The van der Waals surface area contributed by atoms with Crippen LogP contribution >= 0.6 is 0 Å². The van der Waals surface area contributed by atoms with E-state index >= 15 is 0 Å². The Balaban J connectivity index is 2.37. The van der Waals surface area contributed by atoms with Gasteiger partial charge in [-0.15, -0.1) is 0 Å². The highest BCUT2D eigenvalue weighted by Gasteiger charge is 2.43. The summed E-state index contributed by atoms with van der Waals surface area (Å²) in [7, 11) is 0. The van der Waals surface area contributed by atoms with Gasteiger partial charge in [-0.05, 0) is 18.9 Å². The molecule has 0 aromatic heterocycles. The number of hydrogen-bond donors (Lipinski definition) is 1. The van der Waals surface area contributed by atoms with E-state index in [9.17, 15) is 4.79 Å². The molecule has 1 aliphatic heterocycles. The van der Waals surface area contributed by atoms with E-state index in [1.807, 2.05) is 0 Å². The van der Waals surface area contributed by atoms with E-state index in [0.29, 0.717) is 6.42 Å². The lowest BCUT2D eigenvalue weighted by Gasteiger charge is -2.30. The molecular weight excluding hydrogens is 198 g/mol. The van der Waals surface area contributed by atoms with Crippen LogP contribution < -0.4 is 5.32 Å². The number of rotatable bonds is 2. The SMILES string of the molecule is CCC1NC(=O)CC1(C)c1ccc(C)cc1. The zero-order valence-electron chi connectivity index (χ0n) is 10.2. The van der Waals surface area contributed by atoms with Gasteiger partial charge in [0, 0.05) is 17.9 Å². The summed E-state index contributed by atoms with van der Waals surface area (Å²) < 4.78 is 0. The third-order valence-corrected chi connectivity index (χ3v) is 3.75. The highest BCUT2D eigenvalue weighted by molar-refractivity contribution is 5.81. The Labute approximate surface area is 97.1 Å². The summed E-state index contributed by atoms with van der Waals surface area (Å²) in [6.45, 7) is 6.40. The Morgan fingerprint density at radius 1 is 1.38 bits per heavy atom. The van der Waals surface area contributed by atoms with E-state index in [4.69, 9.17) is 0 Å². The van der Waals surface area contributed by atoms with Crippen LogP contribution in [0.3, 0.4) is 0 Å². The van der Waals surface area contributed by atoms with Crippen LogP contribution in [0.4, 0.5) is 0 Å². The summed E-state index contributed by atoms with van der Waals surface area (Å²) in [6.07, 6.45) is 1.59. The zero-order valence-corrected chi connectivity index (χ0v) is 10.2. The van der Waals surface area contributed by atoms with Crippen LogP contribution in [0.1, 0.15) is 37.8 Å². The van der Waals surface area contributed by atoms with Gasteiger partial charge in [0.1, 0.15) is 0 Å². The first-order valence-electron chi connectivity index (χ1n) is 5.93. The molecule has 1 aliphatic rings. The number of amides is 1. The van der Waals surface area contributed by atoms with Crippen LogP contribution in [-0.4, -0.2) is 11.9 Å². The number of nitrogens with one attached hydrogen (secondary N) is 1. The molecule has 0 saturated carbocycles. The van der Waals surface area contributed by atoms with Gasteiger partial charge in [0.05, 0.1) is 0 Å². The predicted octanol–water partition coefficient (Wildman–Crippen LogP) is 2.55. The summed E-state index contributed by atoms with van der Waals surface area (Å²) in [5.41, 5.74) is 2.49. The molecule has 1 heterocycles. The van der Waals surface area contributed by atoms with Gasteiger partial charge < -0.3 is 5.32 Å². The van der Waals surface area contributed by atoms with Gasteiger partial charge in [-0.3, -0.25) is 4.79 Å². The molecule has 0 aliphatic carbocycles. The van der Waals surface area contributed by atoms with Crippen LogP contribution in [0, 0.1) is 6.92 Å². The van der Waals surface area contributed by atoms with Gasteiger partial charge in [0.15, 0.2) is 0 Å². The van der Waals surface area contributed by atoms with E-state index < -0.39 is 0 Å². The van der Waals surface area contributed by atoms with Crippen molar-refractivity contribution >= 4 is 5.91 Å². The number of hydrogen-bond acceptors (Lipinski definition) is 1. The zero-order chi connectivity index (χ0) is 11.8. The molecule has 1 aromatic carbocycles. The number of carbonyl (C=O) groups is 1. The van der Waals surface area contributed by atoms with Gasteiger partial charge in [0.25, 0.3) is 0 Å². The molecule has 0 bridgehead atoms. The van der Waals surface area contributed by atoms with Crippen LogP contribution in [0.2, 0.25) is 0 Å². The number of aryl methyl sites for hydroxylation is 1. The normalized spacial score (nSPS) is 29.2. The fourth-order valence-electron chi connectivity index (χ4n) is 2.65. The Bertz CT molecular complexity index is 396. The molecule has 2 nitrogen and oxygen atoms in total. The smallest absolute Gasteiger partial charge is 0.221 e. The average molecular weight is 217 g/mol. The lowest BCUT2D eigenvalue weighted by molar-refractivity contribution is -0.119. The fourth-order valence-corrected chi connectivity index (χ4v) is 2.65. The molecule has 1 aromatic rings. The first kappa shape index (κ1) is 11.2. The molecule has 1 saturated heterocycles. The van der Waals surface area contributed by atoms with Crippen molar-refractivity contribution in [2.24, 2.45) is 0 Å². The van der Waals surface area contributed by atoms with Gasteiger partial charge in [-0.1, -0.05) is 43.7 Å². The minimum absolute atomic E-state index is 0.0421. The van der Waals surface area contributed by atoms with Crippen LogP contribution in [0.15, 0.2) is 24.3 Å². The Morgan fingerprint density at radius 2 is 2.00 bits per heavy atom. The second kappa shape index (κ2) is 3.93. The Kier molecular flexibility index (Phi) is 2.75. The summed E-state index contributed by atoms with van der Waals surface area (Å²) in [4.78, 5) is 11.6. The molecule has 2 heteroatoms. The van der Waals surface area contributed by atoms with Gasteiger partial charge in [0.2, 0.25) is 5.91 Å². The lowest BCUT2D eigenvalue weighted by Crippen LogP contribution is -2.37. The summed E-state index contributed by atoms with van der Waals surface area (Å²) in [6, 6.07) is 8.81. The van der Waals surface area contributed by atoms with Crippen molar-refractivity contribution in [1.82, 2.24) is 5.32 Å². The molecule has 86 valence electrons. The topological polar surface area (TPSA) is 29.1 Å². The second-order valence-corrected chi connectivity index (χ2v) is 4.99. The second-order valence-electron chi connectivity index (χ2n) is 4.99. The first-order valence-corrected chi connectivity index (χ1v) is 5.93. The largest absolute Gasteiger partial charge is 0.352 e. The van der Waals surface area contributed by atoms with Crippen LogP contribution in [0.5, 0.6) is 0 Å². The van der Waals surface area contributed by atoms with E-state index in [1.54, 1.807) is 0 Å². The minimum atomic E-state index is -0.0421.